The Morgan fingerprint density at radius 2 is 2.05 bits per heavy atom. The molecule has 5 nitrogen and oxygen atoms in total. The van der Waals surface area contributed by atoms with E-state index in [1.54, 1.807) is 6.92 Å². The Morgan fingerprint density at radius 1 is 1.33 bits per heavy atom. The molecule has 1 amide bonds. The second-order valence-corrected chi connectivity index (χ2v) is 5.86. The summed E-state index contributed by atoms with van der Waals surface area (Å²) in [6.45, 7) is 1.68. The monoisotopic (exact) mass is 286 g/mol. The molecule has 0 unspecified atom stereocenters. The highest BCUT2D eigenvalue weighted by Gasteiger charge is 2.22. The van der Waals surface area contributed by atoms with Crippen LogP contribution in [-0.2, 0) is 4.79 Å². The van der Waals surface area contributed by atoms with Crippen LogP contribution in [0.1, 0.15) is 45.1 Å². The maximum absolute atomic E-state index is 11.9. The molecule has 5 heteroatoms. The Balaban J connectivity index is 2.03. The van der Waals surface area contributed by atoms with Gasteiger partial charge in [-0.15, -0.1) is 0 Å². The first-order valence-electron chi connectivity index (χ1n) is 7.70. The van der Waals surface area contributed by atoms with E-state index in [2.05, 4.69) is 20.9 Å². The van der Waals surface area contributed by atoms with Crippen LogP contribution in [0.25, 0.3) is 11.0 Å². The van der Waals surface area contributed by atoms with Crippen LogP contribution >= 0.6 is 0 Å². The lowest BCUT2D eigenvalue weighted by Crippen LogP contribution is -2.33. The Morgan fingerprint density at radius 3 is 2.76 bits per heavy atom. The standard InChI is InChI=1S/C16H22N4O/c1-11(17)15(21)19-16-18-13-9-5-6-10-14(13)20(16)12-7-3-2-4-8-12/h5-6,9-12H,2-4,7-8,17H2,1H3,(H,18,19,21)/t11-/m0/s1. The van der Waals surface area contributed by atoms with Crippen molar-refractivity contribution in [2.75, 3.05) is 5.32 Å². The fourth-order valence-electron chi connectivity index (χ4n) is 3.07. The van der Waals surface area contributed by atoms with E-state index in [1.807, 2.05) is 18.2 Å². The summed E-state index contributed by atoms with van der Waals surface area (Å²) in [6, 6.07) is 7.91. The van der Waals surface area contributed by atoms with Crippen LogP contribution in [0.15, 0.2) is 24.3 Å². The fourth-order valence-corrected chi connectivity index (χ4v) is 3.07. The van der Waals surface area contributed by atoms with Gasteiger partial charge in [0, 0.05) is 6.04 Å². The maximum atomic E-state index is 11.9. The number of amides is 1. The molecule has 1 aliphatic rings. The molecule has 0 radical (unpaired) electrons. The molecule has 21 heavy (non-hydrogen) atoms. The third-order valence-corrected chi connectivity index (χ3v) is 4.18. The van der Waals surface area contributed by atoms with Crippen molar-refractivity contribution in [3.05, 3.63) is 24.3 Å². The number of nitrogens with one attached hydrogen (secondary N) is 1. The van der Waals surface area contributed by atoms with Gasteiger partial charge in [-0.25, -0.2) is 4.98 Å². The molecule has 1 fully saturated rings. The van der Waals surface area contributed by atoms with Gasteiger partial charge in [-0.05, 0) is 31.9 Å². The normalized spacial score (nSPS) is 17.8. The molecule has 2 aromatic rings. The molecular formula is C16H22N4O. The lowest BCUT2D eigenvalue weighted by molar-refractivity contribution is -0.117. The number of rotatable bonds is 3. The number of benzene rings is 1. The van der Waals surface area contributed by atoms with E-state index in [9.17, 15) is 4.79 Å². The minimum atomic E-state index is -0.537. The fraction of sp³-hybridized carbons (Fsp3) is 0.500. The van der Waals surface area contributed by atoms with Crippen LogP contribution in [0, 0.1) is 0 Å². The van der Waals surface area contributed by atoms with Gasteiger partial charge in [0.25, 0.3) is 0 Å². The van der Waals surface area contributed by atoms with E-state index in [4.69, 9.17) is 5.73 Å². The van der Waals surface area contributed by atoms with Crippen molar-refractivity contribution in [2.24, 2.45) is 5.73 Å². The number of para-hydroxylation sites is 2. The first-order valence-corrected chi connectivity index (χ1v) is 7.70. The van der Waals surface area contributed by atoms with Crippen molar-refractivity contribution < 1.29 is 4.79 Å². The predicted molar refractivity (Wildman–Crippen MR) is 84.1 cm³/mol. The van der Waals surface area contributed by atoms with Crippen molar-refractivity contribution in [1.29, 1.82) is 0 Å². The summed E-state index contributed by atoms with van der Waals surface area (Å²) in [5, 5.41) is 2.88. The van der Waals surface area contributed by atoms with Crippen LogP contribution in [0.3, 0.4) is 0 Å². The van der Waals surface area contributed by atoms with Crippen LogP contribution in [0.2, 0.25) is 0 Å². The average Bonchev–Trinajstić information content (AvgIpc) is 2.85. The summed E-state index contributed by atoms with van der Waals surface area (Å²) >= 11 is 0. The molecule has 1 aromatic carbocycles. The van der Waals surface area contributed by atoms with Crippen molar-refractivity contribution in [3.8, 4) is 0 Å². The molecule has 0 aliphatic heterocycles. The highest BCUT2D eigenvalue weighted by Crippen LogP contribution is 2.34. The summed E-state index contributed by atoms with van der Waals surface area (Å²) in [7, 11) is 0. The molecule has 1 aromatic heterocycles. The highest BCUT2D eigenvalue weighted by atomic mass is 16.2. The van der Waals surface area contributed by atoms with Crippen molar-refractivity contribution in [3.63, 3.8) is 0 Å². The third-order valence-electron chi connectivity index (χ3n) is 4.18. The number of carbonyl (C=O) groups is 1. The Bertz CT molecular complexity index is 641. The second-order valence-electron chi connectivity index (χ2n) is 5.86. The highest BCUT2D eigenvalue weighted by molar-refractivity contribution is 5.94. The summed E-state index contributed by atoms with van der Waals surface area (Å²) in [5.74, 6) is 0.438. The van der Waals surface area contributed by atoms with E-state index in [0.717, 1.165) is 23.9 Å². The average molecular weight is 286 g/mol. The zero-order valence-electron chi connectivity index (χ0n) is 12.4. The number of carbonyl (C=O) groups excluding carboxylic acids is 1. The van der Waals surface area contributed by atoms with E-state index < -0.39 is 6.04 Å². The smallest absolute Gasteiger partial charge is 0.243 e. The van der Waals surface area contributed by atoms with Gasteiger partial charge in [0.15, 0.2) is 0 Å². The Hall–Kier alpha value is -1.88. The number of aromatic nitrogens is 2. The number of nitrogens with two attached hydrogens (primary N) is 1. The van der Waals surface area contributed by atoms with Gasteiger partial charge in [-0.1, -0.05) is 31.4 Å². The molecule has 3 rings (SSSR count). The lowest BCUT2D eigenvalue weighted by Gasteiger charge is -2.25. The van der Waals surface area contributed by atoms with E-state index >= 15 is 0 Å². The first-order chi connectivity index (χ1) is 10.2. The number of hydrogen-bond donors (Lipinski definition) is 2. The molecule has 112 valence electrons. The van der Waals surface area contributed by atoms with E-state index in [0.29, 0.717) is 12.0 Å². The summed E-state index contributed by atoms with van der Waals surface area (Å²) in [4.78, 5) is 16.5. The summed E-state index contributed by atoms with van der Waals surface area (Å²) in [5.41, 5.74) is 7.66. The molecule has 0 saturated heterocycles. The van der Waals surface area contributed by atoms with Gasteiger partial charge >= 0.3 is 0 Å². The van der Waals surface area contributed by atoms with Crippen molar-refractivity contribution in [2.45, 2.75) is 51.1 Å². The Labute approximate surface area is 124 Å². The molecular weight excluding hydrogens is 264 g/mol. The van der Waals surface area contributed by atoms with Crippen LogP contribution in [0.5, 0.6) is 0 Å². The maximum Gasteiger partial charge on any atom is 0.243 e. The van der Waals surface area contributed by atoms with E-state index in [1.165, 1.54) is 19.3 Å². The minimum absolute atomic E-state index is 0.192. The van der Waals surface area contributed by atoms with Crippen molar-refractivity contribution >= 4 is 22.9 Å². The lowest BCUT2D eigenvalue weighted by atomic mass is 9.95. The number of hydrogen-bond acceptors (Lipinski definition) is 3. The summed E-state index contributed by atoms with van der Waals surface area (Å²) < 4.78 is 2.19. The largest absolute Gasteiger partial charge is 0.320 e. The second kappa shape index (κ2) is 5.85. The zero-order valence-corrected chi connectivity index (χ0v) is 12.4. The zero-order chi connectivity index (χ0) is 14.8. The number of imidazole rings is 1. The van der Waals surface area contributed by atoms with Gasteiger partial charge in [0.05, 0.1) is 17.1 Å². The van der Waals surface area contributed by atoms with Crippen LogP contribution in [-0.4, -0.2) is 21.5 Å². The van der Waals surface area contributed by atoms with Gasteiger partial charge in [0.2, 0.25) is 11.9 Å². The third kappa shape index (κ3) is 2.78. The van der Waals surface area contributed by atoms with E-state index in [-0.39, 0.29) is 5.91 Å². The molecule has 1 saturated carbocycles. The quantitative estimate of drug-likeness (QED) is 0.911. The molecule has 3 N–H and O–H groups in total. The molecule has 1 aliphatic carbocycles. The summed E-state index contributed by atoms with van der Waals surface area (Å²) in [6.07, 6.45) is 6.04. The molecule has 1 atom stereocenters. The SMILES string of the molecule is C[C@H](N)C(=O)Nc1nc2ccccc2n1C1CCCCC1. The molecule has 0 bridgehead atoms. The minimum Gasteiger partial charge on any atom is -0.320 e. The van der Waals surface area contributed by atoms with Gasteiger partial charge in [0.1, 0.15) is 0 Å². The van der Waals surface area contributed by atoms with Gasteiger partial charge in [-0.2, -0.15) is 0 Å². The Kier molecular flexibility index (Phi) is 3.92. The predicted octanol–water partition coefficient (Wildman–Crippen LogP) is 2.83. The topological polar surface area (TPSA) is 72.9 Å². The van der Waals surface area contributed by atoms with Crippen LogP contribution < -0.4 is 11.1 Å². The number of nitrogens with zero attached hydrogens (tertiary/aromatic N) is 2. The van der Waals surface area contributed by atoms with Gasteiger partial charge in [-0.3, -0.25) is 10.1 Å². The first kappa shape index (κ1) is 14.1. The number of fused-ring (bicyclic) bond motifs is 1. The van der Waals surface area contributed by atoms with Crippen molar-refractivity contribution in [1.82, 2.24) is 9.55 Å². The number of anilines is 1. The molecule has 1 heterocycles. The van der Waals surface area contributed by atoms with Crippen LogP contribution in [0.4, 0.5) is 5.95 Å². The van der Waals surface area contributed by atoms with Gasteiger partial charge < -0.3 is 10.3 Å². The molecule has 0 spiro atoms.